The maximum absolute atomic E-state index is 4.75. The van der Waals surface area contributed by atoms with Crippen LogP contribution in [-0.2, 0) is 6.42 Å². The van der Waals surface area contributed by atoms with E-state index in [2.05, 4.69) is 32.5 Å². The fourth-order valence-electron chi connectivity index (χ4n) is 2.96. The van der Waals surface area contributed by atoms with E-state index in [1.807, 2.05) is 19.3 Å². The van der Waals surface area contributed by atoms with Gasteiger partial charge in [-0.3, -0.25) is 4.68 Å². The first-order chi connectivity index (χ1) is 9.86. The van der Waals surface area contributed by atoms with Crippen LogP contribution in [0, 0.1) is 0 Å². The van der Waals surface area contributed by atoms with Gasteiger partial charge in [0.2, 0.25) is 0 Å². The second-order valence-electron chi connectivity index (χ2n) is 5.45. The van der Waals surface area contributed by atoms with Crippen LogP contribution >= 0.6 is 0 Å². The van der Waals surface area contributed by atoms with Crippen molar-refractivity contribution in [3.63, 3.8) is 0 Å². The Morgan fingerprint density at radius 3 is 2.85 bits per heavy atom. The Kier molecular flexibility index (Phi) is 4.06. The smallest absolute Gasteiger partial charge is 0.0643 e. The first-order valence-electron chi connectivity index (χ1n) is 7.34. The lowest BCUT2D eigenvalue weighted by Gasteiger charge is -2.14. The molecule has 0 aliphatic heterocycles. The van der Waals surface area contributed by atoms with Crippen LogP contribution in [0.5, 0.6) is 0 Å². The van der Waals surface area contributed by atoms with Crippen LogP contribution in [0.4, 0.5) is 0 Å². The van der Waals surface area contributed by atoms with E-state index in [1.165, 1.54) is 25.7 Å². The van der Waals surface area contributed by atoms with Crippen molar-refractivity contribution in [1.82, 2.24) is 25.3 Å². The van der Waals surface area contributed by atoms with E-state index in [0.717, 1.165) is 17.7 Å². The highest BCUT2D eigenvalue weighted by atomic mass is 15.3. The highest BCUT2D eigenvalue weighted by Gasteiger charge is 2.18. The van der Waals surface area contributed by atoms with Gasteiger partial charge in [0, 0.05) is 24.9 Å². The molecule has 0 spiro atoms. The van der Waals surface area contributed by atoms with Crippen LogP contribution in [0.2, 0.25) is 0 Å². The Morgan fingerprint density at radius 1 is 1.30 bits per heavy atom. The third-order valence-electron chi connectivity index (χ3n) is 4.13. The Labute approximate surface area is 119 Å². The molecule has 2 heterocycles. The van der Waals surface area contributed by atoms with Crippen molar-refractivity contribution in [3.05, 3.63) is 42.0 Å². The number of hydrogen-bond donors (Lipinski definition) is 1. The molecule has 106 valence electrons. The molecule has 2 aromatic heterocycles. The van der Waals surface area contributed by atoms with Gasteiger partial charge in [-0.1, -0.05) is 12.8 Å². The molecule has 1 aliphatic rings. The van der Waals surface area contributed by atoms with E-state index in [1.54, 1.807) is 6.20 Å². The van der Waals surface area contributed by atoms with Crippen molar-refractivity contribution in [3.8, 4) is 0 Å². The van der Waals surface area contributed by atoms with Gasteiger partial charge < -0.3 is 5.32 Å². The van der Waals surface area contributed by atoms with E-state index >= 15 is 0 Å². The second kappa shape index (κ2) is 6.13. The lowest BCUT2D eigenvalue weighted by atomic mass is 10.1. The Balaban J connectivity index is 1.70. The molecule has 0 aromatic carbocycles. The van der Waals surface area contributed by atoms with Gasteiger partial charge in [0.05, 0.1) is 17.9 Å². The summed E-state index contributed by atoms with van der Waals surface area (Å²) in [5.41, 5.74) is 2.28. The van der Waals surface area contributed by atoms with Crippen molar-refractivity contribution in [2.75, 3.05) is 7.05 Å². The van der Waals surface area contributed by atoms with E-state index in [-0.39, 0.29) is 6.04 Å². The van der Waals surface area contributed by atoms with E-state index in [0.29, 0.717) is 6.04 Å². The SMILES string of the molecule is CNC(Cc1ccn(C2CCCC2)n1)c1ccnnc1. The molecule has 1 unspecified atom stereocenters. The van der Waals surface area contributed by atoms with Gasteiger partial charge in [0.25, 0.3) is 0 Å². The number of hydrogen-bond acceptors (Lipinski definition) is 4. The summed E-state index contributed by atoms with van der Waals surface area (Å²) in [5, 5.41) is 15.9. The lowest BCUT2D eigenvalue weighted by molar-refractivity contribution is 0.459. The highest BCUT2D eigenvalue weighted by Crippen LogP contribution is 2.29. The van der Waals surface area contributed by atoms with Gasteiger partial charge in [0.1, 0.15) is 0 Å². The fraction of sp³-hybridized carbons (Fsp3) is 0.533. The standard InChI is InChI=1S/C15H21N5/c1-16-15(12-6-8-17-18-11-12)10-13-7-9-20(19-13)14-4-2-3-5-14/h6-9,11,14-16H,2-5,10H2,1H3. The molecule has 0 amide bonds. The summed E-state index contributed by atoms with van der Waals surface area (Å²) in [6.45, 7) is 0. The van der Waals surface area contributed by atoms with Crippen LogP contribution in [-0.4, -0.2) is 27.0 Å². The first-order valence-corrected chi connectivity index (χ1v) is 7.34. The molecule has 20 heavy (non-hydrogen) atoms. The molecule has 2 aromatic rings. The molecule has 1 N–H and O–H groups in total. The lowest BCUT2D eigenvalue weighted by Crippen LogP contribution is -2.19. The molecule has 5 heteroatoms. The van der Waals surface area contributed by atoms with Gasteiger partial charge in [-0.2, -0.15) is 15.3 Å². The summed E-state index contributed by atoms with van der Waals surface area (Å²) >= 11 is 0. The van der Waals surface area contributed by atoms with E-state index < -0.39 is 0 Å². The van der Waals surface area contributed by atoms with Crippen LogP contribution < -0.4 is 5.32 Å². The third-order valence-corrected chi connectivity index (χ3v) is 4.13. The fourth-order valence-corrected chi connectivity index (χ4v) is 2.96. The van der Waals surface area contributed by atoms with Crippen molar-refractivity contribution >= 4 is 0 Å². The van der Waals surface area contributed by atoms with Crippen molar-refractivity contribution in [2.24, 2.45) is 0 Å². The zero-order valence-corrected chi connectivity index (χ0v) is 11.9. The molecule has 3 rings (SSSR count). The Hall–Kier alpha value is -1.75. The Morgan fingerprint density at radius 2 is 2.15 bits per heavy atom. The van der Waals surface area contributed by atoms with Crippen LogP contribution in [0.1, 0.15) is 49.0 Å². The minimum absolute atomic E-state index is 0.234. The van der Waals surface area contributed by atoms with Crippen molar-refractivity contribution in [2.45, 2.75) is 44.2 Å². The summed E-state index contributed by atoms with van der Waals surface area (Å²) in [6, 6.07) is 4.98. The zero-order chi connectivity index (χ0) is 13.8. The summed E-state index contributed by atoms with van der Waals surface area (Å²) in [7, 11) is 1.97. The average molecular weight is 271 g/mol. The number of nitrogens with one attached hydrogen (secondary N) is 1. The van der Waals surface area contributed by atoms with Gasteiger partial charge in [-0.25, -0.2) is 0 Å². The summed E-state index contributed by atoms with van der Waals surface area (Å²) in [6.07, 6.45) is 11.8. The normalized spacial score (nSPS) is 17.4. The largest absolute Gasteiger partial charge is 0.313 e. The molecule has 5 nitrogen and oxygen atoms in total. The maximum Gasteiger partial charge on any atom is 0.0643 e. The van der Waals surface area contributed by atoms with Gasteiger partial charge in [0.15, 0.2) is 0 Å². The first kappa shape index (κ1) is 13.2. The molecule has 0 saturated heterocycles. The molecule has 1 aliphatic carbocycles. The highest BCUT2D eigenvalue weighted by molar-refractivity contribution is 5.15. The third kappa shape index (κ3) is 2.88. The molecular weight excluding hydrogens is 250 g/mol. The van der Waals surface area contributed by atoms with Crippen LogP contribution in [0.25, 0.3) is 0 Å². The Bertz CT molecular complexity index is 530. The summed E-state index contributed by atoms with van der Waals surface area (Å²) < 4.78 is 2.15. The molecule has 1 fully saturated rings. The van der Waals surface area contributed by atoms with Crippen molar-refractivity contribution in [1.29, 1.82) is 0 Å². The predicted octanol–water partition coefficient (Wildman–Crippen LogP) is 2.29. The van der Waals surface area contributed by atoms with E-state index in [4.69, 9.17) is 5.10 Å². The zero-order valence-electron chi connectivity index (χ0n) is 11.9. The summed E-state index contributed by atoms with van der Waals surface area (Å²) in [5.74, 6) is 0. The van der Waals surface area contributed by atoms with Gasteiger partial charge >= 0.3 is 0 Å². The molecule has 1 saturated carbocycles. The van der Waals surface area contributed by atoms with Gasteiger partial charge in [-0.05, 0) is 37.6 Å². The topological polar surface area (TPSA) is 55.6 Å². The van der Waals surface area contributed by atoms with Gasteiger partial charge in [-0.15, -0.1) is 0 Å². The average Bonchev–Trinajstić information content (AvgIpc) is 3.16. The molecule has 1 atom stereocenters. The summed E-state index contributed by atoms with van der Waals surface area (Å²) in [4.78, 5) is 0. The van der Waals surface area contributed by atoms with Crippen molar-refractivity contribution < 1.29 is 0 Å². The molecular formula is C15H21N5. The predicted molar refractivity (Wildman–Crippen MR) is 77.3 cm³/mol. The minimum atomic E-state index is 0.234. The quantitative estimate of drug-likeness (QED) is 0.906. The van der Waals surface area contributed by atoms with Crippen LogP contribution in [0.15, 0.2) is 30.7 Å². The number of rotatable bonds is 5. The number of aromatic nitrogens is 4. The maximum atomic E-state index is 4.75. The number of nitrogens with zero attached hydrogens (tertiary/aromatic N) is 4. The number of likely N-dealkylation sites (N-methyl/N-ethyl adjacent to an activating group) is 1. The van der Waals surface area contributed by atoms with Crippen LogP contribution in [0.3, 0.4) is 0 Å². The monoisotopic (exact) mass is 271 g/mol. The van der Waals surface area contributed by atoms with E-state index in [9.17, 15) is 0 Å². The molecule has 0 radical (unpaired) electrons. The second-order valence-corrected chi connectivity index (χ2v) is 5.45. The molecule has 0 bridgehead atoms. The minimum Gasteiger partial charge on any atom is -0.313 e.